The molecule has 3 aromatic rings. The van der Waals surface area contributed by atoms with Gasteiger partial charge in [0.25, 0.3) is 10.0 Å². The fourth-order valence-electron chi connectivity index (χ4n) is 4.61. The molecular weight excluding hydrogens is 570 g/mol. The Balaban J connectivity index is 2.11. The van der Waals surface area contributed by atoms with Gasteiger partial charge in [-0.3, -0.25) is 13.9 Å². The number of hydrogen-bond acceptors (Lipinski definition) is 7. The third-order valence-corrected chi connectivity index (χ3v) is 8.62. The molecule has 1 atom stereocenters. The Morgan fingerprint density at radius 2 is 1.56 bits per heavy atom. The van der Waals surface area contributed by atoms with Gasteiger partial charge < -0.3 is 24.4 Å². The van der Waals surface area contributed by atoms with Crippen molar-refractivity contribution in [3.8, 4) is 17.2 Å². The normalized spacial score (nSPS) is 11.9. The van der Waals surface area contributed by atoms with Gasteiger partial charge in [-0.2, -0.15) is 0 Å². The summed E-state index contributed by atoms with van der Waals surface area (Å²) in [6, 6.07) is 17.3. The number of methoxy groups -OCH3 is 3. The molecule has 232 valence electrons. The van der Waals surface area contributed by atoms with Crippen molar-refractivity contribution in [3.63, 3.8) is 0 Å². The molecule has 0 saturated carbocycles. The molecule has 1 N–H and O–H groups in total. The lowest BCUT2D eigenvalue weighted by molar-refractivity contribution is -0.140. The van der Waals surface area contributed by atoms with Gasteiger partial charge in [0, 0.05) is 18.7 Å². The fraction of sp³-hybridized carbons (Fsp3) is 0.375. The van der Waals surface area contributed by atoms with E-state index in [1.807, 2.05) is 33.8 Å². The van der Waals surface area contributed by atoms with E-state index in [9.17, 15) is 18.0 Å². The van der Waals surface area contributed by atoms with Gasteiger partial charge in [-0.25, -0.2) is 8.42 Å². The van der Waals surface area contributed by atoms with E-state index in [1.54, 1.807) is 49.6 Å². The van der Waals surface area contributed by atoms with Crippen molar-refractivity contribution in [2.75, 3.05) is 32.2 Å². The molecule has 0 aromatic heterocycles. The predicted octanol–water partition coefficient (Wildman–Crippen LogP) is 4.55. The van der Waals surface area contributed by atoms with Crippen LogP contribution in [0.25, 0.3) is 0 Å². The molecule has 0 bridgehead atoms. The number of benzene rings is 3. The number of aryl methyl sites for hydroxylation is 1. The van der Waals surface area contributed by atoms with Gasteiger partial charge in [0.05, 0.1) is 31.9 Å². The van der Waals surface area contributed by atoms with Crippen LogP contribution in [0.1, 0.15) is 38.3 Å². The molecular formula is C32H41N3O7S. The van der Waals surface area contributed by atoms with Crippen LogP contribution >= 0.6 is 0 Å². The van der Waals surface area contributed by atoms with E-state index >= 15 is 0 Å². The maximum Gasteiger partial charge on any atom is 0.264 e. The molecule has 3 aromatic carbocycles. The number of carbonyl (C=O) groups excluding carboxylic acids is 2. The Hall–Kier alpha value is -4.25. The van der Waals surface area contributed by atoms with Crippen LogP contribution in [0.15, 0.2) is 71.6 Å². The summed E-state index contributed by atoms with van der Waals surface area (Å²) in [4.78, 5) is 28.9. The lowest BCUT2D eigenvalue weighted by Crippen LogP contribution is -2.53. The lowest BCUT2D eigenvalue weighted by atomic mass is 10.1. The van der Waals surface area contributed by atoms with Gasteiger partial charge in [0.2, 0.25) is 11.8 Å². The summed E-state index contributed by atoms with van der Waals surface area (Å²) in [5.74, 6) is 0.333. The van der Waals surface area contributed by atoms with Crippen LogP contribution in [-0.2, 0) is 26.2 Å². The number of nitrogens with one attached hydrogen (secondary N) is 1. The Kier molecular flexibility index (Phi) is 11.4. The highest BCUT2D eigenvalue weighted by atomic mass is 32.2. The second-order valence-electron chi connectivity index (χ2n) is 10.3. The third-order valence-electron chi connectivity index (χ3n) is 6.85. The zero-order chi connectivity index (χ0) is 31.7. The number of anilines is 1. The lowest BCUT2D eigenvalue weighted by Gasteiger charge is -2.33. The topological polar surface area (TPSA) is 114 Å². The van der Waals surface area contributed by atoms with Gasteiger partial charge >= 0.3 is 0 Å². The average molecular weight is 612 g/mol. The largest absolute Gasteiger partial charge is 0.497 e. The van der Waals surface area contributed by atoms with E-state index in [0.29, 0.717) is 23.6 Å². The first-order valence-electron chi connectivity index (χ1n) is 14.0. The molecule has 10 nitrogen and oxygen atoms in total. The highest BCUT2D eigenvalue weighted by Crippen LogP contribution is 2.32. The molecule has 0 aliphatic carbocycles. The van der Waals surface area contributed by atoms with E-state index in [2.05, 4.69) is 5.32 Å². The monoisotopic (exact) mass is 611 g/mol. The molecule has 0 spiro atoms. The summed E-state index contributed by atoms with van der Waals surface area (Å²) >= 11 is 0. The van der Waals surface area contributed by atoms with Gasteiger partial charge in [-0.15, -0.1) is 0 Å². The van der Waals surface area contributed by atoms with Crippen LogP contribution in [-0.4, -0.2) is 65.1 Å². The predicted molar refractivity (Wildman–Crippen MR) is 166 cm³/mol. The molecule has 0 radical (unpaired) electrons. The standard InChI is InChI=1S/C32H41N3O7S/c1-8-28(32(37)33-22(2)3)34(20-24-10-9-11-26(18-24)40-5)31(36)21-35(25-14-12-23(4)13-15-25)43(38,39)27-16-17-29(41-6)30(19-27)42-7/h9-19,22,28H,8,20-21H2,1-7H3,(H,33,37)/t28-/m0/s1. The van der Waals surface area contributed by atoms with E-state index in [1.165, 1.54) is 37.3 Å². The third kappa shape index (κ3) is 8.19. The molecule has 2 amide bonds. The van der Waals surface area contributed by atoms with Gasteiger partial charge in [-0.1, -0.05) is 36.8 Å². The minimum absolute atomic E-state index is 0.0677. The number of ether oxygens (including phenoxy) is 3. The molecule has 11 heteroatoms. The highest BCUT2D eigenvalue weighted by Gasteiger charge is 2.34. The number of carbonyl (C=O) groups is 2. The maximum absolute atomic E-state index is 14.2. The molecule has 0 heterocycles. The van der Waals surface area contributed by atoms with Crippen molar-refractivity contribution in [2.45, 2.75) is 57.6 Å². The molecule has 0 unspecified atom stereocenters. The minimum atomic E-state index is -4.28. The highest BCUT2D eigenvalue weighted by molar-refractivity contribution is 7.92. The number of rotatable bonds is 14. The van der Waals surface area contributed by atoms with Gasteiger partial charge in [0.1, 0.15) is 18.3 Å². The Bertz CT molecular complexity index is 1510. The summed E-state index contributed by atoms with van der Waals surface area (Å²) in [6.45, 7) is 6.90. The smallest absolute Gasteiger partial charge is 0.264 e. The second kappa shape index (κ2) is 14.8. The summed E-state index contributed by atoms with van der Waals surface area (Å²) in [6.07, 6.45) is 0.321. The van der Waals surface area contributed by atoms with E-state index in [0.717, 1.165) is 15.4 Å². The van der Waals surface area contributed by atoms with Crippen LogP contribution in [0.3, 0.4) is 0 Å². The van der Waals surface area contributed by atoms with Gasteiger partial charge in [-0.05, 0) is 69.2 Å². The number of nitrogens with zero attached hydrogens (tertiary/aromatic N) is 2. The van der Waals surface area contributed by atoms with Gasteiger partial charge in [0.15, 0.2) is 11.5 Å². The molecule has 43 heavy (non-hydrogen) atoms. The minimum Gasteiger partial charge on any atom is -0.497 e. The van der Waals surface area contributed by atoms with Crippen LogP contribution in [0.5, 0.6) is 17.2 Å². The van der Waals surface area contributed by atoms with Crippen molar-refractivity contribution >= 4 is 27.5 Å². The van der Waals surface area contributed by atoms with Crippen molar-refractivity contribution in [1.29, 1.82) is 0 Å². The number of amides is 2. The van der Waals surface area contributed by atoms with E-state index < -0.39 is 28.5 Å². The first kappa shape index (κ1) is 33.3. The first-order valence-corrected chi connectivity index (χ1v) is 15.4. The summed E-state index contributed by atoms with van der Waals surface area (Å²) in [5.41, 5.74) is 1.96. The fourth-order valence-corrected chi connectivity index (χ4v) is 6.04. The summed E-state index contributed by atoms with van der Waals surface area (Å²) in [5, 5.41) is 2.89. The summed E-state index contributed by atoms with van der Waals surface area (Å²) < 4.78 is 45.4. The quantitative estimate of drug-likeness (QED) is 0.285. The maximum atomic E-state index is 14.2. The Morgan fingerprint density at radius 3 is 2.14 bits per heavy atom. The number of hydrogen-bond donors (Lipinski definition) is 1. The van der Waals surface area contributed by atoms with Crippen LogP contribution < -0.4 is 23.8 Å². The van der Waals surface area contributed by atoms with Crippen LogP contribution in [0, 0.1) is 6.92 Å². The SMILES string of the molecule is CC[C@@H](C(=O)NC(C)C)N(Cc1cccc(OC)c1)C(=O)CN(c1ccc(C)cc1)S(=O)(=O)c1ccc(OC)c(OC)c1. The summed E-state index contributed by atoms with van der Waals surface area (Å²) in [7, 11) is 0.142. The zero-order valence-corrected chi connectivity index (χ0v) is 26.6. The molecule has 0 saturated heterocycles. The van der Waals surface area contributed by atoms with Crippen molar-refractivity contribution in [3.05, 3.63) is 77.9 Å². The average Bonchev–Trinajstić information content (AvgIpc) is 2.99. The molecule has 0 fully saturated rings. The Morgan fingerprint density at radius 1 is 0.884 bits per heavy atom. The van der Waals surface area contributed by atoms with Crippen LogP contribution in [0.4, 0.5) is 5.69 Å². The molecule has 0 aliphatic heterocycles. The second-order valence-corrected chi connectivity index (χ2v) is 12.2. The van der Waals surface area contributed by atoms with Crippen molar-refractivity contribution < 1.29 is 32.2 Å². The van der Waals surface area contributed by atoms with E-state index in [4.69, 9.17) is 14.2 Å². The number of sulfonamides is 1. The zero-order valence-electron chi connectivity index (χ0n) is 25.8. The molecule has 0 aliphatic rings. The first-order chi connectivity index (χ1) is 20.4. The van der Waals surface area contributed by atoms with E-state index in [-0.39, 0.29) is 29.1 Å². The Labute approximate surface area is 254 Å². The van der Waals surface area contributed by atoms with Crippen molar-refractivity contribution in [2.24, 2.45) is 0 Å². The van der Waals surface area contributed by atoms with Crippen molar-refractivity contribution in [1.82, 2.24) is 10.2 Å². The van der Waals surface area contributed by atoms with Crippen LogP contribution in [0.2, 0.25) is 0 Å². The molecule has 3 rings (SSSR count).